The maximum absolute atomic E-state index is 14.3. The first kappa shape index (κ1) is 17.3. The molecule has 1 N–H and O–H groups in total. The molecule has 2 aromatic carbocycles. The summed E-state index contributed by atoms with van der Waals surface area (Å²) >= 11 is 0. The average molecular weight is 350 g/mol. The fourth-order valence-electron chi connectivity index (χ4n) is 3.10. The highest BCUT2D eigenvalue weighted by Crippen LogP contribution is 2.57. The van der Waals surface area contributed by atoms with Gasteiger partial charge in [0.2, 0.25) is 0 Å². The van der Waals surface area contributed by atoms with Crippen LogP contribution < -0.4 is 4.74 Å². The molecule has 0 saturated carbocycles. The number of halogens is 2. The Morgan fingerprint density at radius 2 is 1.79 bits per heavy atom. The van der Waals surface area contributed by atoms with Crippen molar-refractivity contribution in [1.29, 1.82) is 0 Å². The first-order valence-corrected chi connectivity index (χ1v) is 8.59. The summed E-state index contributed by atoms with van der Waals surface area (Å²) in [6.07, 6.45) is 0.876. The van der Waals surface area contributed by atoms with Gasteiger partial charge in [-0.1, -0.05) is 53.4 Å². The van der Waals surface area contributed by atoms with Crippen LogP contribution in [0.25, 0.3) is 11.1 Å². The number of hydrogen-bond donors (Lipinski definition) is 1. The summed E-state index contributed by atoms with van der Waals surface area (Å²) in [6.45, 7) is 4.70. The smallest absolute Gasteiger partial charge is 0.295 e. The monoisotopic (exact) mass is 350 g/mol. The van der Waals surface area contributed by atoms with E-state index in [9.17, 15) is 13.9 Å². The molecule has 1 aliphatic rings. The largest absolute Gasteiger partial charge is 0.494 e. The zero-order chi connectivity index (χ0) is 17.5. The molecule has 0 saturated heterocycles. The van der Waals surface area contributed by atoms with Gasteiger partial charge in [-0.05, 0) is 35.6 Å². The minimum Gasteiger partial charge on any atom is -0.494 e. The second-order valence-corrected chi connectivity index (χ2v) is 7.34. The van der Waals surface area contributed by atoms with E-state index in [0.29, 0.717) is 29.4 Å². The molecule has 2 unspecified atom stereocenters. The van der Waals surface area contributed by atoms with Crippen molar-refractivity contribution in [2.24, 2.45) is 5.92 Å². The zero-order valence-corrected chi connectivity index (χ0v) is 14.9. The highest BCUT2D eigenvalue weighted by molar-refractivity contribution is 7.18. The van der Waals surface area contributed by atoms with Gasteiger partial charge in [-0.3, -0.25) is 0 Å². The Morgan fingerprint density at radius 3 is 2.46 bits per heavy atom. The first-order valence-electron chi connectivity index (χ1n) is 8.01. The minimum atomic E-state index is -3.40. The van der Waals surface area contributed by atoms with E-state index in [2.05, 4.69) is 13.8 Å². The molecule has 0 aliphatic heterocycles. The molecule has 3 rings (SSSR count). The van der Waals surface area contributed by atoms with Crippen LogP contribution in [-0.4, -0.2) is 17.4 Å². The van der Waals surface area contributed by atoms with Crippen LogP contribution >= 0.6 is 9.24 Å². The Bertz CT molecular complexity index is 755. The van der Waals surface area contributed by atoms with Crippen LogP contribution in [0, 0.1) is 5.92 Å². The molecule has 0 aromatic heterocycles. The molecule has 2 nitrogen and oxygen atoms in total. The molecule has 0 radical (unpaired) electrons. The lowest BCUT2D eigenvalue weighted by molar-refractivity contribution is -0.0964. The topological polar surface area (TPSA) is 29.5 Å². The van der Waals surface area contributed by atoms with Gasteiger partial charge in [0.1, 0.15) is 5.75 Å². The fourth-order valence-corrected chi connectivity index (χ4v) is 3.41. The number of benzene rings is 2. The predicted octanol–water partition coefficient (Wildman–Crippen LogP) is 4.80. The van der Waals surface area contributed by atoms with E-state index in [1.54, 1.807) is 36.4 Å². The van der Waals surface area contributed by atoms with Crippen LogP contribution in [0.4, 0.5) is 8.78 Å². The van der Waals surface area contributed by atoms with Gasteiger partial charge in [-0.2, -0.15) is 8.78 Å². The average Bonchev–Trinajstić information content (AvgIpc) is 2.78. The molecule has 1 aliphatic carbocycles. The third-order valence-corrected chi connectivity index (χ3v) is 4.85. The minimum absolute atomic E-state index is 0.186. The van der Waals surface area contributed by atoms with Crippen LogP contribution in [0.5, 0.6) is 5.75 Å². The number of hydrogen-bond acceptors (Lipinski definition) is 2. The van der Waals surface area contributed by atoms with E-state index in [1.807, 2.05) is 0 Å². The lowest BCUT2D eigenvalue weighted by atomic mass is 9.91. The summed E-state index contributed by atoms with van der Waals surface area (Å²) in [6, 6.07) is 11.8. The van der Waals surface area contributed by atoms with Gasteiger partial charge in [0.15, 0.2) is 5.60 Å². The SMILES string of the molecule is CC(C)CCOc1ccc2c(c1)C(O)(C(F)(F)P)c1ccccc1-2. The highest BCUT2D eigenvalue weighted by atomic mass is 31.0. The van der Waals surface area contributed by atoms with E-state index in [4.69, 9.17) is 4.74 Å². The fraction of sp³-hybridized carbons (Fsp3) is 0.368. The molecule has 0 amide bonds. The summed E-state index contributed by atoms with van der Waals surface area (Å²) < 4.78 is 34.3. The second kappa shape index (κ2) is 6.09. The van der Waals surface area contributed by atoms with E-state index in [0.717, 1.165) is 6.42 Å². The Kier molecular flexibility index (Phi) is 4.39. The Balaban J connectivity index is 2.05. The van der Waals surface area contributed by atoms with Crippen LogP contribution in [0.1, 0.15) is 31.4 Å². The summed E-state index contributed by atoms with van der Waals surface area (Å²) in [5, 5.41) is 10.9. The van der Waals surface area contributed by atoms with Crippen LogP contribution in [0.3, 0.4) is 0 Å². The van der Waals surface area contributed by atoms with E-state index < -0.39 is 11.3 Å². The van der Waals surface area contributed by atoms with E-state index >= 15 is 0 Å². The number of rotatable bonds is 5. The van der Waals surface area contributed by atoms with Crippen molar-refractivity contribution in [3.63, 3.8) is 0 Å². The number of fused-ring (bicyclic) bond motifs is 3. The molecule has 0 fully saturated rings. The second-order valence-electron chi connectivity index (χ2n) is 6.62. The number of ether oxygens (including phenoxy) is 1. The van der Waals surface area contributed by atoms with Crippen molar-refractivity contribution in [1.82, 2.24) is 0 Å². The van der Waals surface area contributed by atoms with Crippen molar-refractivity contribution in [3.05, 3.63) is 53.6 Å². The number of alkyl halides is 2. The Morgan fingerprint density at radius 1 is 1.12 bits per heavy atom. The summed E-state index contributed by atoms with van der Waals surface area (Å²) in [5.74, 6) is 0.992. The maximum atomic E-state index is 14.3. The molecular weight excluding hydrogens is 329 g/mol. The summed E-state index contributed by atoms with van der Waals surface area (Å²) in [7, 11) is 1.47. The third-order valence-electron chi connectivity index (χ3n) is 4.43. The maximum Gasteiger partial charge on any atom is 0.295 e. The molecule has 128 valence electrons. The van der Waals surface area contributed by atoms with E-state index in [-0.39, 0.29) is 11.1 Å². The van der Waals surface area contributed by atoms with Crippen molar-refractivity contribution in [3.8, 4) is 16.9 Å². The third kappa shape index (κ3) is 2.72. The summed E-state index contributed by atoms with van der Waals surface area (Å²) in [4.78, 5) is 0. The molecule has 2 atom stereocenters. The highest BCUT2D eigenvalue weighted by Gasteiger charge is 2.56. The molecular formula is C19H21F2O2P. The Hall–Kier alpha value is -1.51. The van der Waals surface area contributed by atoms with Crippen LogP contribution in [-0.2, 0) is 5.60 Å². The lowest BCUT2D eigenvalue weighted by Gasteiger charge is -2.31. The quantitative estimate of drug-likeness (QED) is 0.785. The molecule has 0 bridgehead atoms. The Labute approximate surface area is 143 Å². The zero-order valence-electron chi connectivity index (χ0n) is 13.7. The molecule has 0 spiro atoms. The number of aliphatic hydroxyl groups is 1. The first-order chi connectivity index (χ1) is 11.2. The lowest BCUT2D eigenvalue weighted by Crippen LogP contribution is -2.40. The van der Waals surface area contributed by atoms with Crippen LogP contribution in [0.15, 0.2) is 42.5 Å². The van der Waals surface area contributed by atoms with Crippen molar-refractivity contribution in [2.45, 2.75) is 31.5 Å². The van der Waals surface area contributed by atoms with Gasteiger partial charge < -0.3 is 9.84 Å². The van der Waals surface area contributed by atoms with Gasteiger partial charge in [-0.15, -0.1) is 0 Å². The summed E-state index contributed by atoms with van der Waals surface area (Å²) in [5.41, 5.74) is -4.12. The van der Waals surface area contributed by atoms with Gasteiger partial charge in [0.25, 0.3) is 5.66 Å². The van der Waals surface area contributed by atoms with E-state index in [1.165, 1.54) is 15.3 Å². The van der Waals surface area contributed by atoms with Gasteiger partial charge in [0, 0.05) is 11.1 Å². The molecule has 2 aromatic rings. The predicted molar refractivity (Wildman–Crippen MR) is 94.5 cm³/mol. The van der Waals surface area contributed by atoms with Gasteiger partial charge in [0.05, 0.1) is 6.61 Å². The standard InChI is InChI=1S/C19H21F2O2P/c1-12(2)9-10-23-13-7-8-15-14-5-3-4-6-16(14)18(22,17(15)11-13)19(20,21)24/h3-8,11-12,22H,9-10,24H2,1-2H3. The van der Waals surface area contributed by atoms with Gasteiger partial charge >= 0.3 is 0 Å². The van der Waals surface area contributed by atoms with Crippen molar-refractivity contribution >= 4 is 9.24 Å². The van der Waals surface area contributed by atoms with Crippen molar-refractivity contribution < 1.29 is 18.6 Å². The molecule has 0 heterocycles. The van der Waals surface area contributed by atoms with Gasteiger partial charge in [-0.25, -0.2) is 0 Å². The molecule has 24 heavy (non-hydrogen) atoms. The molecule has 5 heteroatoms. The normalized spacial score (nSPS) is 19.3. The van der Waals surface area contributed by atoms with Crippen LogP contribution in [0.2, 0.25) is 0 Å². The van der Waals surface area contributed by atoms with Crippen molar-refractivity contribution in [2.75, 3.05) is 6.61 Å².